The summed E-state index contributed by atoms with van der Waals surface area (Å²) in [5.41, 5.74) is 1.53. The number of carboxylic acid groups (broad SMARTS) is 1. The Morgan fingerprint density at radius 2 is 1.75 bits per heavy atom. The average molecular weight is 438 g/mol. The number of aliphatic carboxylic acids is 1. The number of carbonyl (C=O) groups is 2. The number of piperidine rings is 1. The number of likely N-dealkylation sites (tertiary alicyclic amines) is 1. The maximum atomic E-state index is 13.4. The highest BCUT2D eigenvalue weighted by Crippen LogP contribution is 2.17. The molecule has 7 nitrogen and oxygen atoms in total. The summed E-state index contributed by atoms with van der Waals surface area (Å²) in [5.74, 6) is -2.00. The number of hydrogen-bond donors (Lipinski definition) is 2. The molecule has 1 aliphatic heterocycles. The van der Waals surface area contributed by atoms with Gasteiger partial charge in [-0.1, -0.05) is 24.3 Å². The van der Waals surface area contributed by atoms with Gasteiger partial charge in [-0.15, -0.1) is 0 Å². The van der Waals surface area contributed by atoms with Gasteiger partial charge in [-0.25, -0.2) is 4.39 Å². The third kappa shape index (κ3) is 5.20. The van der Waals surface area contributed by atoms with E-state index in [9.17, 15) is 18.8 Å². The van der Waals surface area contributed by atoms with E-state index in [1.165, 1.54) is 12.1 Å². The van der Waals surface area contributed by atoms with Crippen LogP contribution in [0.5, 0.6) is 0 Å². The Morgan fingerprint density at radius 1 is 1.06 bits per heavy atom. The third-order valence-electron chi connectivity index (χ3n) is 5.62. The molecule has 32 heavy (non-hydrogen) atoms. The van der Waals surface area contributed by atoms with Crippen molar-refractivity contribution in [3.05, 3.63) is 81.5 Å². The minimum absolute atomic E-state index is 0.0116. The van der Waals surface area contributed by atoms with Gasteiger partial charge in [-0.2, -0.15) is 0 Å². The highest BCUT2D eigenvalue weighted by atomic mass is 19.1. The largest absolute Gasteiger partial charge is 0.481 e. The molecule has 1 amide bonds. The van der Waals surface area contributed by atoms with Crippen molar-refractivity contribution in [2.24, 2.45) is 0 Å². The van der Waals surface area contributed by atoms with Crippen molar-refractivity contribution in [3.8, 4) is 0 Å². The van der Waals surface area contributed by atoms with Crippen LogP contribution in [0.3, 0.4) is 0 Å². The molecule has 0 atom stereocenters. The molecule has 0 unspecified atom stereocenters. The molecular weight excluding hydrogens is 415 g/mol. The molecule has 3 aromatic rings. The van der Waals surface area contributed by atoms with E-state index in [1.54, 1.807) is 0 Å². The number of benzene rings is 2. The van der Waals surface area contributed by atoms with Crippen molar-refractivity contribution in [2.75, 3.05) is 13.1 Å². The first-order valence-corrected chi connectivity index (χ1v) is 10.4. The molecule has 0 bridgehead atoms. The molecule has 2 N–H and O–H groups in total. The van der Waals surface area contributed by atoms with E-state index in [2.05, 4.69) is 10.2 Å². The standard InChI is InChI=1S/C24H23FN2O5/c25-17-5-6-19-20(28)13-22(32-21(19)12-17)24(31)26-18-7-9-27(10-8-18)14-16-3-1-15(2-4-16)11-23(29)30/h1-6,12-13,18H,7-11,14H2,(H,26,31)(H,29,30). The van der Waals surface area contributed by atoms with Crippen LogP contribution in [-0.4, -0.2) is 41.0 Å². The first-order valence-electron chi connectivity index (χ1n) is 10.4. The first-order chi connectivity index (χ1) is 15.4. The number of nitrogens with one attached hydrogen (secondary N) is 1. The Labute approximate surface area is 183 Å². The van der Waals surface area contributed by atoms with Crippen LogP contribution < -0.4 is 10.7 Å². The smallest absolute Gasteiger partial charge is 0.307 e. The second-order valence-electron chi connectivity index (χ2n) is 8.03. The Balaban J connectivity index is 1.32. The molecule has 166 valence electrons. The maximum Gasteiger partial charge on any atom is 0.307 e. The van der Waals surface area contributed by atoms with Crippen LogP contribution in [0.15, 0.2) is 57.7 Å². The lowest BCUT2D eigenvalue weighted by molar-refractivity contribution is -0.136. The lowest BCUT2D eigenvalue weighted by Gasteiger charge is -2.32. The Bertz CT molecular complexity index is 1200. The number of nitrogens with zero attached hydrogens (tertiary/aromatic N) is 1. The van der Waals surface area contributed by atoms with Crippen LogP contribution in [0.2, 0.25) is 0 Å². The molecule has 0 radical (unpaired) electrons. The molecule has 4 rings (SSSR count). The summed E-state index contributed by atoms with van der Waals surface area (Å²) in [4.78, 5) is 37.8. The van der Waals surface area contributed by atoms with Crippen molar-refractivity contribution in [1.29, 1.82) is 0 Å². The molecule has 2 heterocycles. The zero-order chi connectivity index (χ0) is 22.7. The number of rotatable bonds is 6. The number of amides is 1. The van der Waals surface area contributed by atoms with Gasteiger partial charge in [0.25, 0.3) is 5.91 Å². The van der Waals surface area contributed by atoms with E-state index in [0.717, 1.165) is 55.7 Å². The highest BCUT2D eigenvalue weighted by Gasteiger charge is 2.22. The van der Waals surface area contributed by atoms with Crippen LogP contribution >= 0.6 is 0 Å². The van der Waals surface area contributed by atoms with Gasteiger partial charge in [0, 0.05) is 37.8 Å². The minimum atomic E-state index is -0.850. The lowest BCUT2D eigenvalue weighted by atomic mass is 10.0. The summed E-state index contributed by atoms with van der Waals surface area (Å²) < 4.78 is 18.9. The monoisotopic (exact) mass is 438 g/mol. The molecule has 2 aromatic carbocycles. The predicted octanol–water partition coefficient (Wildman–Crippen LogP) is 2.95. The number of carboxylic acids is 1. The molecule has 0 aliphatic carbocycles. The summed E-state index contributed by atoms with van der Waals surface area (Å²) in [5, 5.41) is 12.0. The summed E-state index contributed by atoms with van der Waals surface area (Å²) in [6, 6.07) is 12.3. The van der Waals surface area contributed by atoms with Gasteiger partial charge in [0.2, 0.25) is 0 Å². The predicted molar refractivity (Wildman–Crippen MR) is 116 cm³/mol. The van der Waals surface area contributed by atoms with E-state index in [4.69, 9.17) is 9.52 Å². The van der Waals surface area contributed by atoms with Crippen molar-refractivity contribution >= 4 is 22.8 Å². The molecule has 0 saturated carbocycles. The molecule has 1 saturated heterocycles. The quantitative estimate of drug-likeness (QED) is 0.614. The fourth-order valence-electron chi connectivity index (χ4n) is 3.93. The molecule has 1 aromatic heterocycles. The van der Waals surface area contributed by atoms with E-state index < -0.39 is 17.7 Å². The van der Waals surface area contributed by atoms with Crippen LogP contribution in [0.25, 0.3) is 11.0 Å². The van der Waals surface area contributed by atoms with Gasteiger partial charge in [0.1, 0.15) is 11.4 Å². The maximum absolute atomic E-state index is 13.4. The highest BCUT2D eigenvalue weighted by molar-refractivity contribution is 5.93. The normalized spacial score (nSPS) is 15.0. The van der Waals surface area contributed by atoms with Gasteiger partial charge in [-0.05, 0) is 36.1 Å². The van der Waals surface area contributed by atoms with Crippen LogP contribution in [-0.2, 0) is 17.8 Å². The summed E-state index contributed by atoms with van der Waals surface area (Å²) in [6.07, 6.45) is 1.50. The van der Waals surface area contributed by atoms with E-state index in [1.807, 2.05) is 24.3 Å². The number of fused-ring (bicyclic) bond motifs is 1. The topological polar surface area (TPSA) is 99.9 Å². The SMILES string of the molecule is O=C(O)Cc1ccc(CN2CCC(NC(=O)c3cc(=O)c4ccc(F)cc4o3)CC2)cc1. The molecular formula is C24H23FN2O5. The molecule has 1 aliphatic rings. The van der Waals surface area contributed by atoms with Crippen LogP contribution in [0, 0.1) is 5.82 Å². The molecule has 1 fully saturated rings. The second-order valence-corrected chi connectivity index (χ2v) is 8.03. The molecule has 8 heteroatoms. The van der Waals surface area contributed by atoms with E-state index in [0.29, 0.717) is 0 Å². The average Bonchev–Trinajstić information content (AvgIpc) is 2.75. The van der Waals surface area contributed by atoms with Crippen molar-refractivity contribution < 1.29 is 23.5 Å². The minimum Gasteiger partial charge on any atom is -0.481 e. The Morgan fingerprint density at radius 3 is 2.44 bits per heavy atom. The Kier molecular flexibility index (Phi) is 6.32. The third-order valence-corrected chi connectivity index (χ3v) is 5.62. The number of carbonyl (C=O) groups excluding carboxylic acids is 1. The zero-order valence-corrected chi connectivity index (χ0v) is 17.3. The fourth-order valence-corrected chi connectivity index (χ4v) is 3.93. The number of hydrogen-bond acceptors (Lipinski definition) is 5. The van der Waals surface area contributed by atoms with E-state index >= 15 is 0 Å². The second kappa shape index (κ2) is 9.32. The van der Waals surface area contributed by atoms with Crippen molar-refractivity contribution in [1.82, 2.24) is 10.2 Å². The van der Waals surface area contributed by atoms with Gasteiger partial charge in [0.05, 0.1) is 11.8 Å². The van der Waals surface area contributed by atoms with Gasteiger partial charge >= 0.3 is 5.97 Å². The Hall–Kier alpha value is -3.52. The van der Waals surface area contributed by atoms with Gasteiger partial charge < -0.3 is 14.8 Å². The van der Waals surface area contributed by atoms with Crippen molar-refractivity contribution in [2.45, 2.75) is 31.8 Å². The lowest BCUT2D eigenvalue weighted by Crippen LogP contribution is -2.44. The number of halogens is 1. The fraction of sp³-hybridized carbons (Fsp3) is 0.292. The van der Waals surface area contributed by atoms with Crippen molar-refractivity contribution in [3.63, 3.8) is 0 Å². The summed E-state index contributed by atoms with van der Waals surface area (Å²) >= 11 is 0. The summed E-state index contributed by atoms with van der Waals surface area (Å²) in [7, 11) is 0. The first kappa shape index (κ1) is 21.7. The van der Waals surface area contributed by atoms with Gasteiger partial charge in [0.15, 0.2) is 11.2 Å². The zero-order valence-electron chi connectivity index (χ0n) is 17.3. The van der Waals surface area contributed by atoms with Crippen LogP contribution in [0.4, 0.5) is 4.39 Å². The van der Waals surface area contributed by atoms with E-state index in [-0.39, 0.29) is 34.6 Å². The molecule has 0 spiro atoms. The summed E-state index contributed by atoms with van der Waals surface area (Å²) in [6.45, 7) is 2.32. The van der Waals surface area contributed by atoms with Gasteiger partial charge in [-0.3, -0.25) is 19.3 Å². The van der Waals surface area contributed by atoms with Crippen LogP contribution in [0.1, 0.15) is 34.5 Å².